The first-order valence-electron chi connectivity index (χ1n) is 10.1. The van der Waals surface area contributed by atoms with Crippen LogP contribution in [0.3, 0.4) is 0 Å². The van der Waals surface area contributed by atoms with Gasteiger partial charge in [-0.3, -0.25) is 4.79 Å². The second-order valence-electron chi connectivity index (χ2n) is 6.87. The van der Waals surface area contributed by atoms with E-state index in [1.807, 2.05) is 31.2 Å². The van der Waals surface area contributed by atoms with Crippen LogP contribution in [0.25, 0.3) is 0 Å². The lowest BCUT2D eigenvalue weighted by atomic mass is 10.2. The predicted octanol–water partition coefficient (Wildman–Crippen LogP) is 2.49. The van der Waals surface area contributed by atoms with E-state index in [0.717, 1.165) is 24.5 Å². The van der Waals surface area contributed by atoms with Crippen molar-refractivity contribution in [2.24, 2.45) is 0 Å². The number of ether oxygens (including phenoxy) is 1. The van der Waals surface area contributed by atoms with E-state index < -0.39 is 0 Å². The zero-order chi connectivity index (χ0) is 21.3. The van der Waals surface area contributed by atoms with Gasteiger partial charge < -0.3 is 25.2 Å². The smallest absolute Gasteiger partial charge is 0.317 e. The normalized spacial score (nSPS) is 13.7. The van der Waals surface area contributed by atoms with Gasteiger partial charge in [0, 0.05) is 44.8 Å². The Morgan fingerprint density at radius 1 is 0.967 bits per heavy atom. The monoisotopic (exact) mass is 414 g/mol. The van der Waals surface area contributed by atoms with Crippen molar-refractivity contribution in [1.29, 1.82) is 0 Å². The van der Waals surface area contributed by atoms with Crippen LogP contribution in [0.2, 0.25) is 0 Å². The predicted molar refractivity (Wildman–Crippen MR) is 114 cm³/mol. The largest absolute Gasteiger partial charge is 0.492 e. The highest BCUT2D eigenvalue weighted by Gasteiger charge is 2.22. The third-order valence-corrected chi connectivity index (χ3v) is 4.87. The molecule has 0 atom stereocenters. The van der Waals surface area contributed by atoms with Crippen molar-refractivity contribution in [1.82, 2.24) is 15.5 Å². The van der Waals surface area contributed by atoms with E-state index in [0.29, 0.717) is 38.3 Å². The first-order chi connectivity index (χ1) is 14.6. The summed E-state index contributed by atoms with van der Waals surface area (Å²) in [5, 5.41) is 5.53. The number of urea groups is 1. The Balaban J connectivity index is 1.39. The van der Waals surface area contributed by atoms with Crippen LogP contribution in [0.5, 0.6) is 5.75 Å². The van der Waals surface area contributed by atoms with Crippen molar-refractivity contribution in [3.63, 3.8) is 0 Å². The number of piperazine rings is 1. The van der Waals surface area contributed by atoms with E-state index >= 15 is 0 Å². The lowest BCUT2D eigenvalue weighted by molar-refractivity contribution is 0.0953. The number of hydrogen-bond donors (Lipinski definition) is 2. The maximum Gasteiger partial charge on any atom is 0.317 e. The molecule has 0 aliphatic carbocycles. The molecular weight excluding hydrogens is 387 g/mol. The molecule has 7 nitrogen and oxygen atoms in total. The summed E-state index contributed by atoms with van der Waals surface area (Å²) in [7, 11) is 0. The van der Waals surface area contributed by atoms with E-state index in [9.17, 15) is 14.0 Å². The summed E-state index contributed by atoms with van der Waals surface area (Å²) >= 11 is 0. The van der Waals surface area contributed by atoms with Crippen LogP contribution in [0.15, 0.2) is 48.5 Å². The lowest BCUT2D eigenvalue weighted by Gasteiger charge is -2.36. The highest BCUT2D eigenvalue weighted by atomic mass is 19.1. The Kier molecular flexibility index (Phi) is 7.48. The molecule has 1 aliphatic rings. The van der Waals surface area contributed by atoms with Crippen LogP contribution < -0.4 is 20.3 Å². The summed E-state index contributed by atoms with van der Waals surface area (Å²) in [6, 6.07) is 13.1. The van der Waals surface area contributed by atoms with E-state index in [2.05, 4.69) is 15.5 Å². The number of nitrogens with one attached hydrogen (secondary N) is 2. The van der Waals surface area contributed by atoms with Gasteiger partial charge in [-0.1, -0.05) is 12.1 Å². The highest BCUT2D eigenvalue weighted by Crippen LogP contribution is 2.28. The second kappa shape index (κ2) is 10.5. The van der Waals surface area contributed by atoms with Crippen molar-refractivity contribution in [3.8, 4) is 5.75 Å². The molecule has 0 bridgehead atoms. The van der Waals surface area contributed by atoms with Crippen LogP contribution in [0.1, 0.15) is 17.3 Å². The molecule has 2 N–H and O–H groups in total. The van der Waals surface area contributed by atoms with Gasteiger partial charge >= 0.3 is 6.03 Å². The molecule has 8 heteroatoms. The van der Waals surface area contributed by atoms with Gasteiger partial charge in [0.15, 0.2) is 0 Å². The van der Waals surface area contributed by atoms with Crippen LogP contribution >= 0.6 is 0 Å². The summed E-state index contributed by atoms with van der Waals surface area (Å²) in [5.74, 6) is 0.168. The minimum Gasteiger partial charge on any atom is -0.492 e. The first kappa shape index (κ1) is 21.4. The molecular formula is C22H27FN4O3. The highest BCUT2D eigenvalue weighted by molar-refractivity contribution is 5.94. The molecule has 2 aromatic carbocycles. The van der Waals surface area contributed by atoms with Crippen molar-refractivity contribution >= 4 is 17.6 Å². The quantitative estimate of drug-likeness (QED) is 0.683. The summed E-state index contributed by atoms with van der Waals surface area (Å²) in [5.41, 5.74) is 1.43. The average molecular weight is 414 g/mol. The molecule has 1 heterocycles. The van der Waals surface area contributed by atoms with Crippen molar-refractivity contribution in [2.45, 2.75) is 6.92 Å². The molecule has 0 spiro atoms. The van der Waals surface area contributed by atoms with Gasteiger partial charge in [0.25, 0.3) is 5.91 Å². The van der Waals surface area contributed by atoms with Crippen LogP contribution in [-0.2, 0) is 0 Å². The molecule has 0 aromatic heterocycles. The maximum absolute atomic E-state index is 12.9. The molecule has 1 fully saturated rings. The van der Waals surface area contributed by atoms with Crippen molar-refractivity contribution < 1.29 is 18.7 Å². The topological polar surface area (TPSA) is 73.9 Å². The van der Waals surface area contributed by atoms with E-state index in [1.54, 1.807) is 4.90 Å². The number of hydrogen-bond acceptors (Lipinski definition) is 4. The summed E-state index contributed by atoms with van der Waals surface area (Å²) in [4.78, 5) is 28.3. The van der Waals surface area contributed by atoms with Gasteiger partial charge in [0.05, 0.1) is 12.3 Å². The number of carbonyl (C=O) groups is 2. The third-order valence-electron chi connectivity index (χ3n) is 4.87. The molecule has 3 rings (SSSR count). The molecule has 2 aromatic rings. The van der Waals surface area contributed by atoms with Gasteiger partial charge in [-0.2, -0.15) is 0 Å². The number of nitrogens with zero attached hydrogens (tertiary/aromatic N) is 2. The maximum atomic E-state index is 12.9. The SMILES string of the molecule is CCOc1ccccc1N1CCN(C(=O)NCCNC(=O)c2ccc(F)cc2)CC1. The van der Waals surface area contributed by atoms with Gasteiger partial charge in [0.1, 0.15) is 11.6 Å². The van der Waals surface area contributed by atoms with Gasteiger partial charge in [-0.05, 0) is 43.3 Å². The standard InChI is InChI=1S/C22H27FN4O3/c1-2-30-20-6-4-3-5-19(20)26-13-15-27(16-14-26)22(29)25-12-11-24-21(28)17-7-9-18(23)10-8-17/h3-10H,2,11-16H2,1H3,(H,24,28)(H,25,29). The van der Waals surface area contributed by atoms with E-state index in [-0.39, 0.29) is 17.8 Å². The summed E-state index contributed by atoms with van der Waals surface area (Å²) in [6.07, 6.45) is 0. The Morgan fingerprint density at radius 2 is 1.63 bits per heavy atom. The first-order valence-corrected chi connectivity index (χ1v) is 10.1. The van der Waals surface area contributed by atoms with Crippen molar-refractivity contribution in [3.05, 3.63) is 59.9 Å². The number of carbonyl (C=O) groups excluding carboxylic acids is 2. The van der Waals surface area contributed by atoms with E-state index in [4.69, 9.17) is 4.74 Å². The minimum atomic E-state index is -0.389. The zero-order valence-electron chi connectivity index (χ0n) is 17.1. The molecule has 0 radical (unpaired) electrons. The molecule has 160 valence electrons. The van der Waals surface area contributed by atoms with Gasteiger partial charge in [-0.15, -0.1) is 0 Å². The number of anilines is 1. The van der Waals surface area contributed by atoms with Gasteiger partial charge in [-0.25, -0.2) is 9.18 Å². The average Bonchev–Trinajstić information content (AvgIpc) is 2.77. The number of benzene rings is 2. The lowest BCUT2D eigenvalue weighted by Crippen LogP contribution is -2.52. The van der Waals surface area contributed by atoms with Crippen LogP contribution in [-0.4, -0.2) is 62.7 Å². The molecule has 1 saturated heterocycles. The minimum absolute atomic E-state index is 0.149. The zero-order valence-corrected chi connectivity index (χ0v) is 17.1. The van der Waals surface area contributed by atoms with E-state index in [1.165, 1.54) is 24.3 Å². The molecule has 3 amide bonds. The molecule has 0 unspecified atom stereocenters. The Bertz CT molecular complexity index is 852. The molecule has 30 heavy (non-hydrogen) atoms. The Morgan fingerprint density at radius 3 is 2.33 bits per heavy atom. The second-order valence-corrected chi connectivity index (χ2v) is 6.87. The molecule has 0 saturated carbocycles. The fourth-order valence-electron chi connectivity index (χ4n) is 3.31. The number of amides is 3. The fraction of sp³-hybridized carbons (Fsp3) is 0.364. The summed E-state index contributed by atoms with van der Waals surface area (Å²) in [6.45, 7) is 5.83. The Labute approximate surface area is 175 Å². The van der Waals surface area contributed by atoms with Crippen LogP contribution in [0.4, 0.5) is 14.9 Å². The number of para-hydroxylation sites is 2. The fourth-order valence-corrected chi connectivity index (χ4v) is 3.31. The van der Waals surface area contributed by atoms with Gasteiger partial charge in [0.2, 0.25) is 0 Å². The van der Waals surface area contributed by atoms with Crippen LogP contribution in [0, 0.1) is 5.82 Å². The molecule has 1 aliphatic heterocycles. The summed E-state index contributed by atoms with van der Waals surface area (Å²) < 4.78 is 18.6. The third kappa shape index (κ3) is 5.62. The number of rotatable bonds is 7. The Hall–Kier alpha value is -3.29. The van der Waals surface area contributed by atoms with Crippen molar-refractivity contribution in [2.75, 3.05) is 50.8 Å². The number of halogens is 1.